The SMILES string of the molecule is N#CC1CCC(CNC(=O)C23CCC(NC(=O)COC4CCC(Cl)C(F)C4)(CC2)CC3O)NC1. The number of nitrogens with zero attached hydrogens (tertiary/aromatic N) is 1. The Morgan fingerprint density at radius 1 is 1.21 bits per heavy atom. The van der Waals surface area contributed by atoms with E-state index in [2.05, 4.69) is 22.0 Å². The summed E-state index contributed by atoms with van der Waals surface area (Å²) in [5.74, 6) is -0.365. The summed E-state index contributed by atoms with van der Waals surface area (Å²) >= 11 is 5.91. The van der Waals surface area contributed by atoms with Crippen LogP contribution >= 0.6 is 11.6 Å². The van der Waals surface area contributed by atoms with Crippen LogP contribution < -0.4 is 16.0 Å². The molecule has 0 spiro atoms. The average Bonchev–Trinajstić information content (AvgIpc) is 2.84. The predicted octanol–water partition coefficient (Wildman–Crippen LogP) is 1.69. The van der Waals surface area contributed by atoms with Gasteiger partial charge in [0, 0.05) is 31.1 Å². The molecule has 8 nitrogen and oxygen atoms in total. The topological polar surface area (TPSA) is 123 Å². The maximum atomic E-state index is 13.8. The first-order valence-electron chi connectivity index (χ1n) is 12.6. The summed E-state index contributed by atoms with van der Waals surface area (Å²) < 4.78 is 19.4. The Hall–Kier alpha value is -1.47. The molecule has 0 aromatic rings. The second kappa shape index (κ2) is 10.7. The zero-order valence-corrected chi connectivity index (χ0v) is 20.3. The van der Waals surface area contributed by atoms with Crippen molar-refractivity contribution in [1.29, 1.82) is 5.26 Å². The Morgan fingerprint density at radius 2 is 1.97 bits per heavy atom. The van der Waals surface area contributed by atoms with E-state index < -0.39 is 28.6 Å². The van der Waals surface area contributed by atoms with Crippen LogP contribution in [0.15, 0.2) is 0 Å². The standard InChI is InChI=1S/C24H36ClFN4O4/c25-18-4-3-17(9-19(18)26)34-14-21(32)30-23-5-7-24(8-6-23,20(31)10-23)22(33)29-13-16-2-1-15(11-27)12-28-16/h15-20,28,31H,1-10,12-14H2,(H,29,33)(H,30,32). The van der Waals surface area contributed by atoms with Gasteiger partial charge >= 0.3 is 0 Å². The van der Waals surface area contributed by atoms with E-state index in [0.29, 0.717) is 58.0 Å². The van der Waals surface area contributed by atoms with Gasteiger partial charge in [0.15, 0.2) is 0 Å². The summed E-state index contributed by atoms with van der Waals surface area (Å²) in [6.45, 7) is 0.976. The Kier molecular flexibility index (Phi) is 8.02. The van der Waals surface area contributed by atoms with Gasteiger partial charge in [0.1, 0.15) is 12.8 Å². The quantitative estimate of drug-likeness (QED) is 0.396. The number of alkyl halides is 2. The molecule has 4 N–H and O–H groups in total. The molecule has 1 saturated heterocycles. The predicted molar refractivity (Wildman–Crippen MR) is 124 cm³/mol. The molecule has 34 heavy (non-hydrogen) atoms. The second-order valence-electron chi connectivity index (χ2n) is 10.7. The molecule has 5 rings (SSSR count). The van der Waals surface area contributed by atoms with Crippen molar-refractivity contribution in [2.45, 2.75) is 99.5 Å². The van der Waals surface area contributed by atoms with Gasteiger partial charge in [0.25, 0.3) is 0 Å². The smallest absolute Gasteiger partial charge is 0.246 e. The molecular formula is C24H36ClFN4O4. The molecule has 0 aromatic heterocycles. The number of piperidine rings is 1. The summed E-state index contributed by atoms with van der Waals surface area (Å²) in [7, 11) is 0. The van der Waals surface area contributed by atoms with Crippen LogP contribution in [-0.2, 0) is 14.3 Å². The highest BCUT2D eigenvalue weighted by molar-refractivity contribution is 6.21. The van der Waals surface area contributed by atoms with Crippen molar-refractivity contribution in [3.8, 4) is 6.07 Å². The maximum Gasteiger partial charge on any atom is 0.246 e. The monoisotopic (exact) mass is 498 g/mol. The Balaban J connectivity index is 1.23. The number of carbonyl (C=O) groups excluding carboxylic acids is 2. The molecule has 4 saturated carbocycles. The van der Waals surface area contributed by atoms with Gasteiger partial charge in [-0.15, -0.1) is 11.6 Å². The lowest BCUT2D eigenvalue weighted by atomic mass is 9.55. The van der Waals surface area contributed by atoms with Crippen LogP contribution in [0.4, 0.5) is 4.39 Å². The Labute approximate surface area is 205 Å². The third-order valence-electron chi connectivity index (χ3n) is 8.48. The molecule has 6 atom stereocenters. The van der Waals surface area contributed by atoms with Crippen molar-refractivity contribution in [1.82, 2.24) is 16.0 Å². The number of fused-ring (bicyclic) bond motifs is 3. The van der Waals surface area contributed by atoms with Crippen molar-refractivity contribution in [2.75, 3.05) is 19.7 Å². The van der Waals surface area contributed by atoms with Gasteiger partial charge in [0.05, 0.1) is 35.0 Å². The second-order valence-corrected chi connectivity index (χ2v) is 11.3. The molecule has 5 fully saturated rings. The molecule has 2 amide bonds. The highest BCUT2D eigenvalue weighted by Crippen LogP contribution is 2.52. The van der Waals surface area contributed by atoms with E-state index in [-0.39, 0.29) is 42.9 Å². The van der Waals surface area contributed by atoms with Crippen LogP contribution in [0.2, 0.25) is 0 Å². The molecule has 6 unspecified atom stereocenters. The number of halogens is 2. The maximum absolute atomic E-state index is 13.8. The molecule has 10 heteroatoms. The lowest BCUT2D eigenvalue weighted by Gasteiger charge is -2.55. The first-order valence-corrected chi connectivity index (χ1v) is 13.0. The average molecular weight is 499 g/mol. The number of nitriles is 1. The van der Waals surface area contributed by atoms with Crippen LogP contribution in [0.25, 0.3) is 0 Å². The van der Waals surface area contributed by atoms with Crippen molar-refractivity contribution in [3.63, 3.8) is 0 Å². The molecule has 2 bridgehead atoms. The van der Waals surface area contributed by atoms with E-state index in [4.69, 9.17) is 21.6 Å². The molecule has 1 heterocycles. The number of aliphatic hydroxyl groups excluding tert-OH is 1. The zero-order chi connectivity index (χ0) is 24.3. The van der Waals surface area contributed by atoms with E-state index in [1.54, 1.807) is 0 Å². The third-order valence-corrected chi connectivity index (χ3v) is 8.97. The molecule has 4 aliphatic carbocycles. The van der Waals surface area contributed by atoms with Crippen LogP contribution in [0.1, 0.15) is 64.2 Å². The fraction of sp³-hybridized carbons (Fsp3) is 0.875. The van der Waals surface area contributed by atoms with E-state index in [1.165, 1.54) is 0 Å². The van der Waals surface area contributed by atoms with E-state index in [9.17, 15) is 19.1 Å². The van der Waals surface area contributed by atoms with Gasteiger partial charge in [-0.25, -0.2) is 4.39 Å². The van der Waals surface area contributed by atoms with Crippen molar-refractivity contribution in [3.05, 3.63) is 0 Å². The fourth-order valence-electron chi connectivity index (χ4n) is 6.14. The number of carbonyl (C=O) groups is 2. The van der Waals surface area contributed by atoms with Gasteiger partial charge in [-0.2, -0.15) is 5.26 Å². The van der Waals surface area contributed by atoms with Gasteiger partial charge in [-0.1, -0.05) is 0 Å². The molecular weight excluding hydrogens is 463 g/mol. The summed E-state index contributed by atoms with van der Waals surface area (Å²) in [5.41, 5.74) is -1.35. The van der Waals surface area contributed by atoms with Crippen molar-refractivity contribution in [2.24, 2.45) is 11.3 Å². The summed E-state index contributed by atoms with van der Waals surface area (Å²) in [6.07, 6.45) is 3.40. The van der Waals surface area contributed by atoms with Gasteiger partial charge in [-0.3, -0.25) is 9.59 Å². The van der Waals surface area contributed by atoms with Crippen LogP contribution in [-0.4, -0.2) is 72.0 Å². The normalized spacial score (nSPS) is 41.9. The van der Waals surface area contributed by atoms with Crippen LogP contribution in [0.5, 0.6) is 0 Å². The van der Waals surface area contributed by atoms with E-state index in [0.717, 1.165) is 12.8 Å². The first kappa shape index (κ1) is 25.6. The third kappa shape index (κ3) is 5.51. The highest BCUT2D eigenvalue weighted by Gasteiger charge is 2.58. The number of amides is 2. The fourth-order valence-corrected chi connectivity index (χ4v) is 6.37. The Bertz CT molecular complexity index is 792. The molecule has 0 aromatic carbocycles. The minimum absolute atomic E-state index is 0.0269. The van der Waals surface area contributed by atoms with Crippen LogP contribution in [0, 0.1) is 22.7 Å². The van der Waals surface area contributed by atoms with Gasteiger partial charge in [0.2, 0.25) is 11.8 Å². The van der Waals surface area contributed by atoms with Gasteiger partial charge < -0.3 is 25.8 Å². The van der Waals surface area contributed by atoms with Crippen molar-refractivity contribution < 1.29 is 23.8 Å². The summed E-state index contributed by atoms with van der Waals surface area (Å²) in [4.78, 5) is 25.7. The largest absolute Gasteiger partial charge is 0.392 e. The number of hydrogen-bond acceptors (Lipinski definition) is 6. The minimum atomic E-state index is -1.11. The number of rotatable bonds is 7. The minimum Gasteiger partial charge on any atom is -0.392 e. The number of aliphatic hydroxyl groups is 1. The van der Waals surface area contributed by atoms with E-state index in [1.807, 2.05) is 0 Å². The zero-order valence-electron chi connectivity index (χ0n) is 19.5. The summed E-state index contributed by atoms with van der Waals surface area (Å²) in [5, 5.41) is 28.9. The number of nitrogens with one attached hydrogen (secondary N) is 3. The van der Waals surface area contributed by atoms with E-state index >= 15 is 0 Å². The van der Waals surface area contributed by atoms with Gasteiger partial charge in [-0.05, 0) is 57.8 Å². The molecule has 1 aliphatic heterocycles. The first-order chi connectivity index (χ1) is 16.2. The molecule has 0 radical (unpaired) electrons. The van der Waals surface area contributed by atoms with Crippen molar-refractivity contribution >= 4 is 23.4 Å². The van der Waals surface area contributed by atoms with Crippen LogP contribution in [0.3, 0.4) is 0 Å². The lowest BCUT2D eigenvalue weighted by Crippen LogP contribution is -2.66. The Morgan fingerprint density at radius 3 is 2.59 bits per heavy atom. The highest BCUT2D eigenvalue weighted by atomic mass is 35.5. The summed E-state index contributed by atoms with van der Waals surface area (Å²) in [6, 6.07) is 2.41. The number of ether oxygens (including phenoxy) is 1. The molecule has 5 aliphatic rings. The lowest BCUT2D eigenvalue weighted by molar-refractivity contribution is -0.157. The molecule has 190 valence electrons. The number of hydrogen-bond donors (Lipinski definition) is 4.